The van der Waals surface area contributed by atoms with Crippen LogP contribution in [0.2, 0.25) is 15.1 Å². The van der Waals surface area contributed by atoms with E-state index in [4.69, 9.17) is 34.8 Å². The van der Waals surface area contributed by atoms with E-state index in [1.165, 1.54) is 29.2 Å². The van der Waals surface area contributed by atoms with Gasteiger partial charge in [-0.05, 0) is 73.9 Å². The topological polar surface area (TPSA) is 86.8 Å². The number of carbonyl (C=O) groups is 2. The van der Waals surface area contributed by atoms with E-state index in [2.05, 4.69) is 5.32 Å². The summed E-state index contributed by atoms with van der Waals surface area (Å²) >= 11 is 18.5. The number of para-hydroxylation sites is 1. The molecule has 0 spiro atoms. The molecule has 1 atom stereocenters. The van der Waals surface area contributed by atoms with Gasteiger partial charge < -0.3 is 10.2 Å². The minimum absolute atomic E-state index is 0.0162. The van der Waals surface area contributed by atoms with E-state index < -0.39 is 28.5 Å². The van der Waals surface area contributed by atoms with Crippen molar-refractivity contribution in [2.75, 3.05) is 10.8 Å². The third-order valence-corrected chi connectivity index (χ3v) is 9.58. The van der Waals surface area contributed by atoms with Crippen molar-refractivity contribution >= 4 is 62.3 Å². The largest absolute Gasteiger partial charge is 0.352 e. The maximum absolute atomic E-state index is 14.0. The van der Waals surface area contributed by atoms with Crippen LogP contribution in [0.3, 0.4) is 0 Å². The number of halogens is 3. The Bertz CT molecular complexity index is 1450. The Hall–Kier alpha value is -2.78. The summed E-state index contributed by atoms with van der Waals surface area (Å²) in [6.45, 7) is 1.07. The molecule has 0 heterocycles. The van der Waals surface area contributed by atoms with E-state index in [0.29, 0.717) is 26.3 Å². The predicted molar refractivity (Wildman–Crippen MR) is 159 cm³/mol. The Morgan fingerprint density at radius 1 is 0.925 bits per heavy atom. The quantitative estimate of drug-likeness (QED) is 0.287. The molecule has 1 N–H and O–H groups in total. The second-order valence-corrected chi connectivity index (χ2v) is 12.9. The number of rotatable bonds is 10. The van der Waals surface area contributed by atoms with Crippen LogP contribution in [0, 0.1) is 0 Å². The van der Waals surface area contributed by atoms with Crippen LogP contribution in [0.15, 0.2) is 77.7 Å². The summed E-state index contributed by atoms with van der Waals surface area (Å²) in [5.41, 5.74) is 0.880. The van der Waals surface area contributed by atoms with Crippen LogP contribution >= 0.6 is 34.8 Å². The fraction of sp³-hybridized carbons (Fsp3) is 0.310. The van der Waals surface area contributed by atoms with Gasteiger partial charge in [-0.2, -0.15) is 0 Å². The molecule has 1 saturated carbocycles. The van der Waals surface area contributed by atoms with E-state index in [1.54, 1.807) is 55.5 Å². The number of amides is 2. The lowest BCUT2D eigenvalue weighted by molar-refractivity contribution is -0.139. The zero-order valence-corrected chi connectivity index (χ0v) is 25.0. The molecule has 7 nitrogen and oxygen atoms in total. The summed E-state index contributed by atoms with van der Waals surface area (Å²) in [7, 11) is -4.17. The van der Waals surface area contributed by atoms with Crippen LogP contribution in [0.1, 0.15) is 38.2 Å². The van der Waals surface area contributed by atoms with Crippen LogP contribution in [-0.4, -0.2) is 43.8 Å². The van der Waals surface area contributed by atoms with Crippen molar-refractivity contribution in [3.05, 3.63) is 93.4 Å². The number of carbonyl (C=O) groups excluding carboxylic acids is 2. The molecule has 0 saturated heterocycles. The zero-order valence-electron chi connectivity index (χ0n) is 21.9. The molecule has 3 aromatic carbocycles. The minimum Gasteiger partial charge on any atom is -0.352 e. The third kappa shape index (κ3) is 7.29. The van der Waals surface area contributed by atoms with Gasteiger partial charge >= 0.3 is 0 Å². The first-order chi connectivity index (χ1) is 19.1. The molecule has 0 aliphatic heterocycles. The number of nitrogens with zero attached hydrogens (tertiary/aromatic N) is 2. The van der Waals surface area contributed by atoms with Gasteiger partial charge in [0, 0.05) is 27.7 Å². The van der Waals surface area contributed by atoms with Crippen LogP contribution in [0.25, 0.3) is 0 Å². The first-order valence-corrected chi connectivity index (χ1v) is 15.5. The molecular weight excluding hydrogens is 593 g/mol. The van der Waals surface area contributed by atoms with Gasteiger partial charge in [0.2, 0.25) is 11.8 Å². The highest BCUT2D eigenvalue weighted by atomic mass is 35.5. The van der Waals surface area contributed by atoms with Gasteiger partial charge in [-0.15, -0.1) is 0 Å². The zero-order chi connectivity index (χ0) is 28.9. The Labute approximate surface area is 250 Å². The molecule has 212 valence electrons. The third-order valence-electron chi connectivity index (χ3n) is 6.95. The Kier molecular flexibility index (Phi) is 10.0. The second kappa shape index (κ2) is 13.3. The predicted octanol–water partition coefficient (Wildman–Crippen LogP) is 6.32. The number of hydrogen-bond donors (Lipinski definition) is 1. The maximum Gasteiger partial charge on any atom is 0.264 e. The number of sulfonamides is 1. The number of nitrogens with one attached hydrogen (secondary N) is 1. The number of anilines is 1. The number of hydrogen-bond acceptors (Lipinski definition) is 4. The van der Waals surface area contributed by atoms with Gasteiger partial charge in [0.25, 0.3) is 10.0 Å². The molecule has 0 unspecified atom stereocenters. The average Bonchev–Trinajstić information content (AvgIpc) is 3.44. The van der Waals surface area contributed by atoms with E-state index in [0.717, 1.165) is 30.0 Å². The summed E-state index contributed by atoms with van der Waals surface area (Å²) in [5, 5.41) is 4.19. The Morgan fingerprint density at radius 3 is 2.17 bits per heavy atom. The molecule has 1 aliphatic rings. The standard InChI is InChI=1S/C29H30Cl3N3O4S/c1-20(29(37)33-24-7-5-6-8-24)34(18-21-11-12-23(31)17-27(21)32)28(36)19-35(25-9-3-2-4-10-25)40(38,39)26-15-13-22(30)14-16-26/h2-4,9-17,20,24H,5-8,18-19H2,1H3,(H,33,37)/t20-/m0/s1. The molecular formula is C29H30Cl3N3O4S. The first-order valence-electron chi connectivity index (χ1n) is 12.9. The SMILES string of the molecule is C[C@@H](C(=O)NC1CCCC1)N(Cc1ccc(Cl)cc1Cl)C(=O)CN(c1ccccc1)S(=O)(=O)c1ccc(Cl)cc1. The fourth-order valence-electron chi connectivity index (χ4n) is 4.66. The highest BCUT2D eigenvalue weighted by Crippen LogP contribution is 2.27. The normalized spacial score (nSPS) is 14.5. The summed E-state index contributed by atoms with van der Waals surface area (Å²) in [6.07, 6.45) is 3.85. The van der Waals surface area contributed by atoms with Crippen LogP contribution < -0.4 is 9.62 Å². The van der Waals surface area contributed by atoms with Crippen molar-refractivity contribution < 1.29 is 18.0 Å². The summed E-state index contributed by atoms with van der Waals surface area (Å²) in [5.74, 6) is -0.876. The second-order valence-electron chi connectivity index (χ2n) is 9.72. The summed E-state index contributed by atoms with van der Waals surface area (Å²) in [6, 6.07) is 18.1. The summed E-state index contributed by atoms with van der Waals surface area (Å²) in [4.78, 5) is 28.6. The van der Waals surface area contributed by atoms with Crippen molar-refractivity contribution in [3.63, 3.8) is 0 Å². The van der Waals surface area contributed by atoms with E-state index in [-0.39, 0.29) is 23.4 Å². The molecule has 40 heavy (non-hydrogen) atoms. The molecule has 3 aromatic rings. The maximum atomic E-state index is 14.0. The van der Waals surface area contributed by atoms with Crippen molar-refractivity contribution in [2.24, 2.45) is 0 Å². The van der Waals surface area contributed by atoms with Gasteiger partial charge in [-0.1, -0.05) is 71.9 Å². The highest BCUT2D eigenvalue weighted by Gasteiger charge is 2.33. The van der Waals surface area contributed by atoms with E-state index >= 15 is 0 Å². The average molecular weight is 623 g/mol. The van der Waals surface area contributed by atoms with Crippen molar-refractivity contribution in [1.29, 1.82) is 0 Å². The molecule has 11 heteroatoms. The fourth-order valence-corrected chi connectivity index (χ4v) is 6.67. The Morgan fingerprint density at radius 2 is 1.55 bits per heavy atom. The van der Waals surface area contributed by atoms with Gasteiger partial charge in [-0.25, -0.2) is 8.42 Å². The van der Waals surface area contributed by atoms with Crippen LogP contribution in [-0.2, 0) is 26.2 Å². The van der Waals surface area contributed by atoms with Gasteiger partial charge in [0.1, 0.15) is 12.6 Å². The van der Waals surface area contributed by atoms with Crippen LogP contribution in [0.5, 0.6) is 0 Å². The lowest BCUT2D eigenvalue weighted by atomic mass is 10.1. The van der Waals surface area contributed by atoms with Gasteiger partial charge in [-0.3, -0.25) is 13.9 Å². The number of benzene rings is 3. The lowest BCUT2D eigenvalue weighted by Crippen LogP contribution is -2.52. The smallest absolute Gasteiger partial charge is 0.264 e. The molecule has 0 radical (unpaired) electrons. The molecule has 1 aliphatic carbocycles. The van der Waals surface area contributed by atoms with Crippen molar-refractivity contribution in [3.8, 4) is 0 Å². The van der Waals surface area contributed by atoms with E-state index in [1.807, 2.05) is 0 Å². The molecule has 4 rings (SSSR count). The minimum atomic E-state index is -4.17. The Balaban J connectivity index is 1.68. The summed E-state index contributed by atoms with van der Waals surface area (Å²) < 4.78 is 28.6. The van der Waals surface area contributed by atoms with Gasteiger partial charge in [0.05, 0.1) is 10.6 Å². The molecule has 0 bridgehead atoms. The van der Waals surface area contributed by atoms with Crippen molar-refractivity contribution in [1.82, 2.24) is 10.2 Å². The van der Waals surface area contributed by atoms with Crippen molar-refractivity contribution in [2.45, 2.75) is 56.1 Å². The molecule has 0 aromatic heterocycles. The monoisotopic (exact) mass is 621 g/mol. The lowest BCUT2D eigenvalue weighted by Gasteiger charge is -2.32. The van der Waals surface area contributed by atoms with E-state index in [9.17, 15) is 18.0 Å². The molecule has 2 amide bonds. The first kappa shape index (κ1) is 30.2. The van der Waals surface area contributed by atoms with Gasteiger partial charge in [0.15, 0.2) is 0 Å². The van der Waals surface area contributed by atoms with Crippen LogP contribution in [0.4, 0.5) is 5.69 Å². The molecule has 1 fully saturated rings. The highest BCUT2D eigenvalue weighted by molar-refractivity contribution is 7.92.